The minimum absolute atomic E-state index is 1.11. The second-order valence-electron chi connectivity index (χ2n) is 14.5. The number of para-hydroxylation sites is 2. The fourth-order valence-electron chi connectivity index (χ4n) is 7.41. The van der Waals surface area contributed by atoms with Crippen LogP contribution in [-0.2, 0) is 0 Å². The monoisotopic (exact) mass is 722 g/mol. The number of hydrogen-bond acceptors (Lipinski definition) is 2. The van der Waals surface area contributed by atoms with Crippen molar-refractivity contribution in [2.24, 2.45) is 0 Å². The molecule has 0 aliphatic rings. The summed E-state index contributed by atoms with van der Waals surface area (Å²) >= 11 is 0. The molecule has 8 aromatic carbocycles. The fraction of sp³-hybridized carbons (Fsp3) is 0.0741. The molecule has 0 amide bonds. The Morgan fingerprint density at radius 3 is 0.875 bits per heavy atom. The van der Waals surface area contributed by atoms with Crippen LogP contribution in [0.3, 0.4) is 0 Å². The Balaban J connectivity index is 1.23. The molecule has 2 nitrogen and oxygen atoms in total. The van der Waals surface area contributed by atoms with Gasteiger partial charge in [0, 0.05) is 33.5 Å². The average Bonchev–Trinajstić information content (AvgIpc) is 3.25. The third-order valence-electron chi connectivity index (χ3n) is 10.6. The lowest BCUT2D eigenvalue weighted by Crippen LogP contribution is -2.16. The molecule has 2 heteroatoms. The maximum absolute atomic E-state index is 2.42. The predicted octanol–water partition coefficient (Wildman–Crippen LogP) is 15.4. The molecule has 0 saturated heterocycles. The molecule has 0 aromatic heterocycles. The van der Waals surface area contributed by atoms with E-state index in [9.17, 15) is 0 Å². The Hall–Kier alpha value is -6.90. The van der Waals surface area contributed by atoms with Gasteiger partial charge in [-0.25, -0.2) is 0 Å². The van der Waals surface area contributed by atoms with Crippen molar-refractivity contribution in [2.45, 2.75) is 27.7 Å². The summed E-state index contributed by atoms with van der Waals surface area (Å²) in [5, 5.41) is 2.38. The molecule has 0 aliphatic carbocycles. The van der Waals surface area contributed by atoms with Gasteiger partial charge >= 0.3 is 0 Å². The van der Waals surface area contributed by atoms with Gasteiger partial charge in [-0.2, -0.15) is 0 Å². The van der Waals surface area contributed by atoms with Crippen LogP contribution in [0.1, 0.15) is 44.5 Å². The van der Waals surface area contributed by atoms with Gasteiger partial charge in [-0.1, -0.05) is 169 Å². The molecule has 56 heavy (non-hydrogen) atoms. The Kier molecular flexibility index (Phi) is 10.5. The second kappa shape index (κ2) is 16.2. The first-order valence-corrected chi connectivity index (χ1v) is 19.3. The minimum atomic E-state index is 1.11. The largest absolute Gasteiger partial charge is 0.310 e. The molecule has 0 spiro atoms. The summed E-state index contributed by atoms with van der Waals surface area (Å²) in [7, 11) is 0. The van der Waals surface area contributed by atoms with Crippen molar-refractivity contribution in [3.63, 3.8) is 0 Å². The van der Waals surface area contributed by atoms with E-state index in [1.165, 1.54) is 55.5 Å². The highest BCUT2D eigenvalue weighted by Crippen LogP contribution is 2.49. The molecule has 0 unspecified atom stereocenters. The average molecular weight is 723 g/mol. The number of benzene rings is 8. The number of fused-ring (bicyclic) bond motifs is 1. The van der Waals surface area contributed by atoms with Crippen LogP contribution in [0.5, 0.6) is 0 Å². The van der Waals surface area contributed by atoms with Crippen molar-refractivity contribution >= 4 is 69.2 Å². The van der Waals surface area contributed by atoms with Gasteiger partial charge in [0.25, 0.3) is 0 Å². The number of anilines is 6. The van der Waals surface area contributed by atoms with Crippen molar-refractivity contribution < 1.29 is 0 Å². The van der Waals surface area contributed by atoms with Gasteiger partial charge in [0.2, 0.25) is 0 Å². The van der Waals surface area contributed by atoms with E-state index in [1.54, 1.807) is 0 Å². The van der Waals surface area contributed by atoms with Gasteiger partial charge in [0.1, 0.15) is 0 Å². The summed E-state index contributed by atoms with van der Waals surface area (Å²) in [4.78, 5) is 4.84. The highest BCUT2D eigenvalue weighted by atomic mass is 15.2. The summed E-state index contributed by atoms with van der Waals surface area (Å²) in [6, 6.07) is 65.4. The molecule has 0 fully saturated rings. The molecule has 0 aliphatic heterocycles. The second-order valence-corrected chi connectivity index (χ2v) is 14.5. The molecule has 8 rings (SSSR count). The van der Waals surface area contributed by atoms with E-state index in [0.29, 0.717) is 0 Å². The van der Waals surface area contributed by atoms with Crippen LogP contribution >= 0.6 is 0 Å². The zero-order valence-corrected chi connectivity index (χ0v) is 32.5. The van der Waals surface area contributed by atoms with Crippen LogP contribution in [0.2, 0.25) is 0 Å². The molecule has 0 saturated carbocycles. The highest BCUT2D eigenvalue weighted by molar-refractivity contribution is 6.10. The van der Waals surface area contributed by atoms with E-state index in [-0.39, 0.29) is 0 Å². The molecule has 0 atom stereocenters. The predicted molar refractivity (Wildman–Crippen MR) is 243 cm³/mol. The molecule has 0 heterocycles. The van der Waals surface area contributed by atoms with E-state index in [2.05, 4.69) is 244 Å². The zero-order valence-electron chi connectivity index (χ0n) is 32.5. The smallest absolute Gasteiger partial charge is 0.0573 e. The third kappa shape index (κ3) is 7.69. The fourth-order valence-corrected chi connectivity index (χ4v) is 7.41. The Bertz CT molecular complexity index is 2430. The first kappa shape index (κ1) is 36.1. The first-order valence-electron chi connectivity index (χ1n) is 19.3. The van der Waals surface area contributed by atoms with E-state index in [4.69, 9.17) is 0 Å². The van der Waals surface area contributed by atoms with E-state index < -0.39 is 0 Å². The van der Waals surface area contributed by atoms with Gasteiger partial charge in [-0.3, -0.25) is 0 Å². The van der Waals surface area contributed by atoms with Crippen molar-refractivity contribution in [1.82, 2.24) is 0 Å². The lowest BCUT2D eigenvalue weighted by Gasteiger charge is -2.34. The number of aryl methyl sites for hydroxylation is 2. The van der Waals surface area contributed by atoms with E-state index >= 15 is 0 Å². The topological polar surface area (TPSA) is 6.48 Å². The van der Waals surface area contributed by atoms with Crippen LogP contribution in [0.15, 0.2) is 182 Å². The number of hydrogen-bond donors (Lipinski definition) is 0. The number of nitrogens with zero attached hydrogens (tertiary/aromatic N) is 2. The lowest BCUT2D eigenvalue weighted by atomic mass is 9.94. The molecule has 0 bridgehead atoms. The molecule has 272 valence electrons. The SMILES string of the molecule is Cc1ccc(/C=C/c2ccc(N(c3ccccc3)c3c(C)c(C)c(N(c4ccccc4)c4ccc(/C=C/c5ccc(C)cc5)cc4)c4ccccc34)cc2)cc1. The number of rotatable bonds is 10. The van der Waals surface area contributed by atoms with Gasteiger partial charge < -0.3 is 9.80 Å². The van der Waals surface area contributed by atoms with Crippen molar-refractivity contribution in [2.75, 3.05) is 9.80 Å². The maximum Gasteiger partial charge on any atom is 0.0573 e. The van der Waals surface area contributed by atoms with Gasteiger partial charge in [0.05, 0.1) is 11.4 Å². The third-order valence-corrected chi connectivity index (χ3v) is 10.6. The van der Waals surface area contributed by atoms with Gasteiger partial charge in [0.15, 0.2) is 0 Å². The van der Waals surface area contributed by atoms with Gasteiger partial charge in [-0.05, 0) is 110 Å². The summed E-state index contributed by atoms with van der Waals surface area (Å²) in [5.74, 6) is 0. The quantitative estimate of drug-likeness (QED) is 0.130. The van der Waals surface area contributed by atoms with E-state index in [0.717, 1.165) is 33.9 Å². The van der Waals surface area contributed by atoms with Crippen LogP contribution in [0, 0.1) is 27.7 Å². The van der Waals surface area contributed by atoms with Crippen LogP contribution in [0.4, 0.5) is 34.1 Å². The van der Waals surface area contributed by atoms with Crippen LogP contribution in [0.25, 0.3) is 35.1 Å². The minimum Gasteiger partial charge on any atom is -0.310 e. The summed E-state index contributed by atoms with van der Waals surface area (Å²) < 4.78 is 0. The Morgan fingerprint density at radius 1 is 0.286 bits per heavy atom. The Labute approximate surface area is 332 Å². The lowest BCUT2D eigenvalue weighted by molar-refractivity contribution is 1.21. The van der Waals surface area contributed by atoms with Crippen LogP contribution < -0.4 is 9.80 Å². The molecular formula is C54H46N2. The van der Waals surface area contributed by atoms with Gasteiger partial charge in [-0.15, -0.1) is 0 Å². The summed E-state index contributed by atoms with van der Waals surface area (Å²) in [6.07, 6.45) is 8.73. The molecule has 0 N–H and O–H groups in total. The van der Waals surface area contributed by atoms with Crippen molar-refractivity contribution in [3.05, 3.63) is 226 Å². The standard InChI is InChI=1S/C54H46N2/c1-39-19-23-43(24-20-39)27-29-45-31-35-49(36-32-45)55(47-13-7-5-8-14-47)53-41(3)42(4)54(52-18-12-11-17-51(52)53)56(48-15-9-6-10-16-48)50-37-33-46(34-38-50)30-28-44-25-21-40(2)22-26-44/h5-38H,1-4H3/b29-27+,30-28+. The molecular weight excluding hydrogens is 677 g/mol. The van der Waals surface area contributed by atoms with Crippen molar-refractivity contribution in [1.29, 1.82) is 0 Å². The summed E-state index contributed by atoms with van der Waals surface area (Å²) in [6.45, 7) is 8.79. The highest BCUT2D eigenvalue weighted by Gasteiger charge is 2.25. The van der Waals surface area contributed by atoms with Crippen molar-refractivity contribution in [3.8, 4) is 0 Å². The zero-order chi connectivity index (χ0) is 38.4. The normalized spacial score (nSPS) is 11.4. The molecule has 0 radical (unpaired) electrons. The first-order chi connectivity index (χ1) is 27.4. The van der Waals surface area contributed by atoms with Crippen LogP contribution in [-0.4, -0.2) is 0 Å². The summed E-state index contributed by atoms with van der Waals surface area (Å²) in [5.41, 5.74) is 16.5. The Morgan fingerprint density at radius 2 is 0.554 bits per heavy atom. The van der Waals surface area contributed by atoms with E-state index in [1.807, 2.05) is 0 Å². The molecule has 8 aromatic rings. The maximum atomic E-state index is 2.42.